The van der Waals surface area contributed by atoms with Gasteiger partial charge in [-0.1, -0.05) is 36.4 Å². The second-order valence-corrected chi connectivity index (χ2v) is 6.18. The number of nitrogens with one attached hydrogen (secondary N) is 1. The number of rotatable bonds is 8. The largest absolute Gasteiger partial charge is 0.496 e. The summed E-state index contributed by atoms with van der Waals surface area (Å²) in [6.45, 7) is 3.18. The quantitative estimate of drug-likeness (QED) is 0.648. The highest BCUT2D eigenvalue weighted by Gasteiger charge is 2.17. The number of carbonyl (C=O) groups is 1. The van der Waals surface area contributed by atoms with E-state index in [-0.39, 0.29) is 5.91 Å². The molecule has 0 aliphatic rings. The van der Waals surface area contributed by atoms with Crippen molar-refractivity contribution in [2.75, 3.05) is 30.4 Å². The summed E-state index contributed by atoms with van der Waals surface area (Å²) < 4.78 is 5.36. The SMILES string of the molecule is CCN(C(=O)c1ccc(NCCc2ccccc2OC)nn1)c1ccccc1. The Morgan fingerprint density at radius 1 is 1.00 bits per heavy atom. The van der Waals surface area contributed by atoms with Crippen molar-refractivity contribution >= 4 is 17.4 Å². The molecule has 0 bridgehead atoms. The molecule has 0 aliphatic carbocycles. The highest BCUT2D eigenvalue weighted by molar-refractivity contribution is 6.04. The number of hydrogen-bond acceptors (Lipinski definition) is 5. The smallest absolute Gasteiger partial charge is 0.278 e. The number of para-hydroxylation sites is 2. The molecule has 0 atom stereocenters. The van der Waals surface area contributed by atoms with E-state index >= 15 is 0 Å². The Hall–Kier alpha value is -3.41. The molecule has 1 aromatic heterocycles. The number of aromatic nitrogens is 2. The van der Waals surface area contributed by atoms with Crippen molar-refractivity contribution in [3.05, 3.63) is 78.0 Å². The molecule has 0 unspecified atom stereocenters. The summed E-state index contributed by atoms with van der Waals surface area (Å²) in [6, 6.07) is 21.0. The van der Waals surface area contributed by atoms with Crippen molar-refractivity contribution in [1.82, 2.24) is 10.2 Å². The second kappa shape index (κ2) is 9.50. The average molecular weight is 376 g/mol. The van der Waals surface area contributed by atoms with Gasteiger partial charge in [-0.3, -0.25) is 4.79 Å². The molecule has 3 aromatic rings. The number of amides is 1. The molecule has 1 heterocycles. The van der Waals surface area contributed by atoms with Crippen LogP contribution in [-0.4, -0.2) is 36.3 Å². The number of anilines is 2. The van der Waals surface area contributed by atoms with Crippen LogP contribution in [0.5, 0.6) is 5.75 Å². The average Bonchev–Trinajstić information content (AvgIpc) is 2.76. The van der Waals surface area contributed by atoms with E-state index in [0.717, 1.165) is 23.4 Å². The molecular weight excluding hydrogens is 352 g/mol. The Labute approximate surface area is 165 Å². The van der Waals surface area contributed by atoms with E-state index in [0.29, 0.717) is 24.6 Å². The standard InChI is InChI=1S/C22H24N4O2/c1-3-26(18-10-5-4-6-11-18)22(27)19-13-14-21(25-24-19)23-16-15-17-9-7-8-12-20(17)28-2/h4-14H,3,15-16H2,1-2H3,(H,23,25). The van der Waals surface area contributed by atoms with Crippen molar-refractivity contribution in [2.45, 2.75) is 13.3 Å². The maximum Gasteiger partial charge on any atom is 0.278 e. The molecule has 28 heavy (non-hydrogen) atoms. The highest BCUT2D eigenvalue weighted by atomic mass is 16.5. The molecule has 3 rings (SSSR count). The first-order chi connectivity index (χ1) is 13.7. The van der Waals surface area contributed by atoms with Crippen LogP contribution in [0.2, 0.25) is 0 Å². The van der Waals surface area contributed by atoms with Crippen LogP contribution in [0.1, 0.15) is 23.0 Å². The number of methoxy groups -OCH3 is 1. The van der Waals surface area contributed by atoms with Gasteiger partial charge < -0.3 is 15.0 Å². The summed E-state index contributed by atoms with van der Waals surface area (Å²) in [6.07, 6.45) is 0.796. The Kier molecular flexibility index (Phi) is 6.57. The normalized spacial score (nSPS) is 10.4. The molecule has 1 amide bonds. The zero-order valence-electron chi connectivity index (χ0n) is 16.1. The number of hydrogen-bond donors (Lipinski definition) is 1. The molecule has 0 radical (unpaired) electrons. The van der Waals surface area contributed by atoms with Crippen LogP contribution in [-0.2, 0) is 6.42 Å². The molecular formula is C22H24N4O2. The lowest BCUT2D eigenvalue weighted by atomic mass is 10.1. The molecule has 0 aliphatic heterocycles. The third-order valence-corrected chi connectivity index (χ3v) is 4.41. The molecule has 6 nitrogen and oxygen atoms in total. The van der Waals surface area contributed by atoms with Gasteiger partial charge in [-0.25, -0.2) is 0 Å². The Morgan fingerprint density at radius 3 is 2.43 bits per heavy atom. The summed E-state index contributed by atoms with van der Waals surface area (Å²) in [5.41, 5.74) is 2.29. The third kappa shape index (κ3) is 4.65. The van der Waals surface area contributed by atoms with Gasteiger partial charge in [-0.15, -0.1) is 10.2 Å². The molecule has 6 heteroatoms. The summed E-state index contributed by atoms with van der Waals surface area (Å²) in [7, 11) is 1.67. The van der Waals surface area contributed by atoms with E-state index in [4.69, 9.17) is 4.74 Å². The molecule has 1 N–H and O–H groups in total. The zero-order chi connectivity index (χ0) is 19.8. The summed E-state index contributed by atoms with van der Waals surface area (Å²) in [4.78, 5) is 14.4. The first kappa shape index (κ1) is 19.4. The van der Waals surface area contributed by atoms with Crippen molar-refractivity contribution < 1.29 is 9.53 Å². The van der Waals surface area contributed by atoms with E-state index in [1.807, 2.05) is 61.5 Å². The molecule has 2 aromatic carbocycles. The van der Waals surface area contributed by atoms with E-state index in [9.17, 15) is 4.79 Å². The van der Waals surface area contributed by atoms with E-state index in [2.05, 4.69) is 15.5 Å². The molecule has 0 saturated carbocycles. The van der Waals surface area contributed by atoms with Crippen LogP contribution in [0, 0.1) is 0 Å². The fourth-order valence-electron chi connectivity index (χ4n) is 2.97. The van der Waals surface area contributed by atoms with Crippen LogP contribution in [0.3, 0.4) is 0 Å². The van der Waals surface area contributed by atoms with Crippen molar-refractivity contribution in [3.8, 4) is 5.75 Å². The van der Waals surface area contributed by atoms with Crippen LogP contribution in [0.4, 0.5) is 11.5 Å². The Morgan fingerprint density at radius 2 is 1.75 bits per heavy atom. The molecule has 144 valence electrons. The van der Waals surface area contributed by atoms with Crippen LogP contribution in [0.25, 0.3) is 0 Å². The summed E-state index contributed by atoms with van der Waals surface area (Å²) in [5, 5.41) is 11.5. The number of ether oxygens (including phenoxy) is 1. The number of carbonyl (C=O) groups excluding carboxylic acids is 1. The molecule has 0 saturated heterocycles. The van der Waals surface area contributed by atoms with Crippen molar-refractivity contribution in [2.24, 2.45) is 0 Å². The predicted octanol–water partition coefficient (Wildman–Crippen LogP) is 3.81. The fourth-order valence-corrected chi connectivity index (χ4v) is 2.97. The summed E-state index contributed by atoms with van der Waals surface area (Å²) >= 11 is 0. The number of nitrogens with zero attached hydrogens (tertiary/aromatic N) is 3. The van der Waals surface area contributed by atoms with Gasteiger partial charge in [0.1, 0.15) is 11.6 Å². The van der Waals surface area contributed by atoms with E-state index < -0.39 is 0 Å². The van der Waals surface area contributed by atoms with Crippen LogP contribution < -0.4 is 15.0 Å². The maximum absolute atomic E-state index is 12.7. The monoisotopic (exact) mass is 376 g/mol. The van der Waals surface area contributed by atoms with Gasteiger partial charge in [0, 0.05) is 18.8 Å². The van der Waals surface area contributed by atoms with Crippen LogP contribution >= 0.6 is 0 Å². The van der Waals surface area contributed by atoms with E-state index in [1.54, 1.807) is 24.1 Å². The van der Waals surface area contributed by atoms with Gasteiger partial charge >= 0.3 is 0 Å². The van der Waals surface area contributed by atoms with Gasteiger partial charge in [-0.2, -0.15) is 0 Å². The van der Waals surface area contributed by atoms with E-state index in [1.165, 1.54) is 0 Å². The topological polar surface area (TPSA) is 67.4 Å². The van der Waals surface area contributed by atoms with Crippen molar-refractivity contribution in [1.29, 1.82) is 0 Å². The second-order valence-electron chi connectivity index (χ2n) is 6.18. The molecule has 0 fully saturated rings. The van der Waals surface area contributed by atoms with Gasteiger partial charge in [0.15, 0.2) is 5.69 Å². The number of benzene rings is 2. The first-order valence-corrected chi connectivity index (χ1v) is 9.29. The first-order valence-electron chi connectivity index (χ1n) is 9.29. The lowest BCUT2D eigenvalue weighted by Crippen LogP contribution is -2.31. The Bertz CT molecular complexity index is 898. The van der Waals surface area contributed by atoms with Gasteiger partial charge in [0.05, 0.1) is 7.11 Å². The minimum atomic E-state index is -0.165. The van der Waals surface area contributed by atoms with Crippen molar-refractivity contribution in [3.63, 3.8) is 0 Å². The van der Waals surface area contributed by atoms with Gasteiger partial charge in [-0.05, 0) is 49.2 Å². The van der Waals surface area contributed by atoms with Gasteiger partial charge in [0.25, 0.3) is 5.91 Å². The fraction of sp³-hybridized carbons (Fsp3) is 0.227. The Balaban J connectivity index is 1.60. The summed E-state index contributed by atoms with van der Waals surface area (Å²) in [5.74, 6) is 1.34. The van der Waals surface area contributed by atoms with Gasteiger partial charge in [0.2, 0.25) is 0 Å². The minimum absolute atomic E-state index is 0.165. The minimum Gasteiger partial charge on any atom is -0.496 e. The third-order valence-electron chi connectivity index (χ3n) is 4.41. The maximum atomic E-state index is 12.7. The lowest BCUT2D eigenvalue weighted by molar-refractivity contribution is 0.0982. The molecule has 0 spiro atoms. The predicted molar refractivity (Wildman–Crippen MR) is 111 cm³/mol. The van der Waals surface area contributed by atoms with Crippen LogP contribution in [0.15, 0.2) is 66.7 Å². The zero-order valence-corrected chi connectivity index (χ0v) is 16.1. The lowest BCUT2D eigenvalue weighted by Gasteiger charge is -2.20. The highest BCUT2D eigenvalue weighted by Crippen LogP contribution is 2.18.